The van der Waals surface area contributed by atoms with E-state index >= 15 is 0 Å². The van der Waals surface area contributed by atoms with Crippen molar-refractivity contribution in [2.24, 2.45) is 0 Å². The molecule has 0 saturated carbocycles. The van der Waals surface area contributed by atoms with E-state index in [9.17, 15) is 19.8 Å². The Balaban J connectivity index is 0.00000308. The van der Waals surface area contributed by atoms with Crippen molar-refractivity contribution in [2.45, 2.75) is 38.3 Å². The molecule has 0 saturated heterocycles. The Morgan fingerprint density at radius 2 is 1.66 bits per heavy atom. The molecule has 0 radical (unpaired) electrons. The summed E-state index contributed by atoms with van der Waals surface area (Å²) in [7, 11) is 0. The fraction of sp³-hybridized carbons (Fsp3) is 0.242. The van der Waals surface area contributed by atoms with Gasteiger partial charge in [-0.15, -0.1) is 0 Å². The van der Waals surface area contributed by atoms with Gasteiger partial charge in [-0.1, -0.05) is 73.7 Å². The number of carbonyl (C=O) groups is 2. The molecule has 41 heavy (non-hydrogen) atoms. The van der Waals surface area contributed by atoms with Crippen LogP contribution in [0.5, 0.6) is 0 Å². The topological polar surface area (TPSA) is 99.5 Å². The van der Waals surface area contributed by atoms with Crippen LogP contribution < -0.4 is 24.2 Å². The molecule has 208 valence electrons. The van der Waals surface area contributed by atoms with Gasteiger partial charge in [-0.25, -0.2) is 4.79 Å². The second-order valence-corrected chi connectivity index (χ2v) is 10.8. The smallest absolute Gasteiger partial charge is 1.00 e. The van der Waals surface area contributed by atoms with Crippen molar-refractivity contribution in [3.63, 3.8) is 0 Å². The number of nitrogens with zero attached hydrogens (tertiary/aromatic N) is 1. The first-order chi connectivity index (χ1) is 19.3. The predicted molar refractivity (Wildman–Crippen MR) is 162 cm³/mol. The minimum atomic E-state index is -1.05. The van der Waals surface area contributed by atoms with Gasteiger partial charge in [0, 0.05) is 17.7 Å². The van der Waals surface area contributed by atoms with E-state index in [0.29, 0.717) is 23.4 Å². The van der Waals surface area contributed by atoms with E-state index in [1.807, 2.05) is 92.0 Å². The van der Waals surface area contributed by atoms with Crippen molar-refractivity contribution in [2.75, 3.05) is 12.0 Å². The van der Waals surface area contributed by atoms with Gasteiger partial charge in [0.2, 0.25) is 0 Å². The number of aliphatic hydroxyl groups is 1. The molecule has 0 aliphatic heterocycles. The molecule has 0 bridgehead atoms. The van der Waals surface area contributed by atoms with Gasteiger partial charge >= 0.3 is 24.8 Å². The van der Waals surface area contributed by atoms with Crippen LogP contribution >= 0.6 is 11.8 Å². The maximum Gasteiger partial charge on any atom is 1.00 e. The van der Waals surface area contributed by atoms with Gasteiger partial charge in [0.05, 0.1) is 5.69 Å². The third-order valence-corrected chi connectivity index (χ3v) is 7.79. The summed E-state index contributed by atoms with van der Waals surface area (Å²) in [6.07, 6.45) is 3.04. The zero-order valence-electron chi connectivity index (χ0n) is 24.9. The van der Waals surface area contributed by atoms with Crippen LogP contribution in [0.1, 0.15) is 65.1 Å². The minimum Gasteiger partial charge on any atom is -1.00 e. The minimum absolute atomic E-state index is 0. The molecule has 1 aromatic heterocycles. The summed E-state index contributed by atoms with van der Waals surface area (Å²) in [6, 6.07) is 25.8. The summed E-state index contributed by atoms with van der Waals surface area (Å²) in [5.74, 6) is -0.991. The number of hydrogen-bond donors (Lipinski definition) is 3. The van der Waals surface area contributed by atoms with Crippen molar-refractivity contribution in [3.05, 3.63) is 125 Å². The number of rotatable bonds is 11. The number of thioether (sulfide) groups is 1. The first kappa shape index (κ1) is 32.2. The Morgan fingerprint density at radius 1 is 0.951 bits per heavy atom. The standard InChI is InChI=1S/C33H34N2O4S.Li.H/c1-21-10-7-8-13-25(21)28-20-24(15-16-27(28)32(37)35-29(33(38)39)17-19-40-3)22(2)26-14-9-18-34-30(26)31(36)23-11-5-4-6-12-23;;/h4-16,18,20,22,29,31,36H,17,19H2,1-3H3,(H,35,37)(H,38,39);;/q;+1;-1. The van der Waals surface area contributed by atoms with Crippen LogP contribution in [0.3, 0.4) is 0 Å². The SMILES string of the molecule is CSCCC(NC(=O)c1ccc(C(C)c2cccnc2C(O)c2ccccc2)cc1-c1ccccc1C)C(=O)O.[H-].[Li+]. The molecule has 1 amide bonds. The molecule has 0 aliphatic carbocycles. The number of nitrogens with one attached hydrogen (secondary N) is 1. The molecule has 4 aromatic rings. The molecule has 0 fully saturated rings. The van der Waals surface area contributed by atoms with Crippen LogP contribution in [0.15, 0.2) is 91.1 Å². The fourth-order valence-corrected chi connectivity index (χ4v) is 5.32. The molecule has 3 aromatic carbocycles. The Morgan fingerprint density at radius 3 is 2.34 bits per heavy atom. The van der Waals surface area contributed by atoms with Crippen molar-refractivity contribution >= 4 is 23.6 Å². The van der Waals surface area contributed by atoms with Crippen LogP contribution in [0, 0.1) is 6.92 Å². The first-order valence-corrected chi connectivity index (χ1v) is 14.6. The normalized spacial score (nSPS) is 13.0. The maximum absolute atomic E-state index is 13.5. The Labute approximate surface area is 259 Å². The van der Waals surface area contributed by atoms with E-state index in [1.165, 1.54) is 11.8 Å². The van der Waals surface area contributed by atoms with Gasteiger partial charge in [-0.2, -0.15) is 11.8 Å². The summed E-state index contributed by atoms with van der Waals surface area (Å²) < 4.78 is 0. The largest absolute Gasteiger partial charge is 1.00 e. The average Bonchev–Trinajstić information content (AvgIpc) is 2.98. The number of aryl methyl sites for hydroxylation is 1. The van der Waals surface area contributed by atoms with Crippen molar-refractivity contribution in [3.8, 4) is 11.1 Å². The van der Waals surface area contributed by atoms with Gasteiger partial charge in [-0.05, 0) is 76.9 Å². The van der Waals surface area contributed by atoms with Crippen molar-refractivity contribution in [1.29, 1.82) is 0 Å². The third kappa shape index (κ3) is 7.69. The maximum atomic E-state index is 13.5. The van der Waals surface area contributed by atoms with Crippen LogP contribution in [-0.2, 0) is 4.79 Å². The molecule has 0 spiro atoms. The number of amides is 1. The Kier molecular flexibility index (Phi) is 11.8. The molecule has 3 N–H and O–H groups in total. The number of carbonyl (C=O) groups excluding carboxylic acids is 1. The zero-order chi connectivity index (χ0) is 28.6. The quantitative estimate of drug-likeness (QED) is 0.243. The molecular weight excluding hydrogens is 527 g/mol. The fourth-order valence-electron chi connectivity index (χ4n) is 4.85. The number of aliphatic carboxylic acids is 1. The van der Waals surface area contributed by atoms with E-state index in [2.05, 4.69) is 17.2 Å². The van der Waals surface area contributed by atoms with Crippen molar-refractivity contribution in [1.82, 2.24) is 10.3 Å². The third-order valence-electron chi connectivity index (χ3n) is 7.15. The van der Waals surface area contributed by atoms with E-state index < -0.39 is 24.0 Å². The molecule has 8 heteroatoms. The van der Waals surface area contributed by atoms with Gasteiger partial charge in [-0.3, -0.25) is 9.78 Å². The molecule has 1 heterocycles. The Hall–Kier alpha value is -3.34. The first-order valence-electron chi connectivity index (χ1n) is 13.2. The molecular formula is C33H35LiN2O4S. The number of pyridine rings is 1. The number of aromatic nitrogens is 1. The predicted octanol–water partition coefficient (Wildman–Crippen LogP) is 3.34. The monoisotopic (exact) mass is 562 g/mol. The van der Waals surface area contributed by atoms with Gasteiger partial charge in [0.25, 0.3) is 5.91 Å². The van der Waals surface area contributed by atoms with Gasteiger partial charge in [0.15, 0.2) is 0 Å². The number of carboxylic acids is 1. The van der Waals surface area contributed by atoms with E-state index in [-0.39, 0.29) is 26.2 Å². The number of carboxylic acid groups (broad SMARTS) is 1. The van der Waals surface area contributed by atoms with Crippen LogP contribution in [0.25, 0.3) is 11.1 Å². The summed E-state index contributed by atoms with van der Waals surface area (Å²) in [6.45, 7) is 4.04. The van der Waals surface area contributed by atoms with Crippen LogP contribution in [0.2, 0.25) is 0 Å². The summed E-state index contributed by atoms with van der Waals surface area (Å²) in [5, 5.41) is 23.6. The van der Waals surface area contributed by atoms with Crippen molar-refractivity contribution < 1.29 is 40.1 Å². The molecule has 3 unspecified atom stereocenters. The van der Waals surface area contributed by atoms with E-state index in [0.717, 1.165) is 33.4 Å². The number of benzene rings is 3. The van der Waals surface area contributed by atoms with E-state index in [1.54, 1.807) is 12.3 Å². The second kappa shape index (κ2) is 15.0. The number of hydrogen-bond acceptors (Lipinski definition) is 5. The van der Waals surface area contributed by atoms with E-state index in [4.69, 9.17) is 0 Å². The second-order valence-electron chi connectivity index (χ2n) is 9.78. The summed E-state index contributed by atoms with van der Waals surface area (Å²) >= 11 is 1.54. The van der Waals surface area contributed by atoms with Crippen LogP contribution in [-0.4, -0.2) is 45.1 Å². The van der Waals surface area contributed by atoms with Gasteiger partial charge in [0.1, 0.15) is 12.1 Å². The van der Waals surface area contributed by atoms with Gasteiger partial charge < -0.3 is 17.0 Å². The Bertz CT molecular complexity index is 1490. The molecule has 0 aliphatic rings. The average molecular weight is 563 g/mol. The van der Waals surface area contributed by atoms with Crippen LogP contribution in [0.4, 0.5) is 0 Å². The summed E-state index contributed by atoms with van der Waals surface area (Å²) in [4.78, 5) is 29.8. The zero-order valence-corrected chi connectivity index (χ0v) is 24.7. The number of aliphatic hydroxyl groups excluding tert-OH is 1. The summed E-state index contributed by atoms with van der Waals surface area (Å²) in [5.41, 5.74) is 6.21. The molecule has 4 rings (SSSR count). The molecule has 3 atom stereocenters. The molecule has 6 nitrogen and oxygen atoms in total.